The van der Waals surface area contributed by atoms with E-state index in [1.807, 2.05) is 63.2 Å². The van der Waals surface area contributed by atoms with Crippen LogP contribution in [0.4, 0.5) is 0 Å². The predicted molar refractivity (Wildman–Crippen MR) is 133 cm³/mol. The Labute approximate surface area is 200 Å². The smallest absolute Gasteiger partial charge is 0.261 e. The number of nitrogens with one attached hydrogen (secondary N) is 1. The molecule has 0 aliphatic heterocycles. The Hall–Kier alpha value is -2.34. The summed E-state index contributed by atoms with van der Waals surface area (Å²) in [7, 11) is 0. The summed E-state index contributed by atoms with van der Waals surface area (Å²) in [6.07, 6.45) is 0. The van der Waals surface area contributed by atoms with Gasteiger partial charge in [0.05, 0.1) is 4.47 Å². The summed E-state index contributed by atoms with van der Waals surface area (Å²) in [6.45, 7) is 12.9. The summed E-state index contributed by atoms with van der Waals surface area (Å²) in [5.41, 5.74) is 3.30. The predicted octanol–water partition coefficient (Wildman–Crippen LogP) is 5.45. The van der Waals surface area contributed by atoms with Crippen molar-refractivity contribution in [1.82, 2.24) is 10.2 Å². The van der Waals surface area contributed by atoms with Crippen molar-refractivity contribution in [3.63, 3.8) is 0 Å². The minimum Gasteiger partial charge on any atom is -0.483 e. The lowest BCUT2D eigenvalue weighted by Crippen LogP contribution is -2.49. The van der Waals surface area contributed by atoms with Crippen LogP contribution in [0.25, 0.3) is 0 Å². The van der Waals surface area contributed by atoms with Crippen LogP contribution in [0.5, 0.6) is 5.75 Å². The molecule has 0 radical (unpaired) electrons. The van der Waals surface area contributed by atoms with E-state index in [1.54, 1.807) is 11.8 Å². The van der Waals surface area contributed by atoms with Crippen LogP contribution in [0.1, 0.15) is 57.2 Å². The van der Waals surface area contributed by atoms with Crippen molar-refractivity contribution in [3.8, 4) is 5.75 Å². The molecule has 1 atom stereocenters. The molecule has 2 rings (SSSR count). The second-order valence-corrected chi connectivity index (χ2v) is 9.81. The Bertz CT molecular complexity index is 910. The molecule has 0 aliphatic rings. The minimum atomic E-state index is -0.613. The summed E-state index contributed by atoms with van der Waals surface area (Å²) < 4.78 is 6.64. The highest BCUT2D eigenvalue weighted by molar-refractivity contribution is 9.10. The normalized spacial score (nSPS) is 12.0. The van der Waals surface area contributed by atoms with Crippen molar-refractivity contribution in [2.45, 2.75) is 60.0 Å². The van der Waals surface area contributed by atoms with Crippen molar-refractivity contribution in [2.24, 2.45) is 5.92 Å². The molecule has 6 heteroatoms. The fourth-order valence-electron chi connectivity index (χ4n) is 3.14. The largest absolute Gasteiger partial charge is 0.483 e. The lowest BCUT2D eigenvalue weighted by atomic mass is 10.0. The van der Waals surface area contributed by atoms with Crippen LogP contribution >= 0.6 is 15.9 Å². The van der Waals surface area contributed by atoms with Gasteiger partial charge in [0.2, 0.25) is 5.91 Å². The number of ether oxygens (including phenoxy) is 1. The SMILES string of the molecule is Cc1ccc(CN(C(=O)COc2ccc(C(C)C)cc2Br)C(C)C(=O)NCC(C)C)cc1. The van der Waals surface area contributed by atoms with Crippen molar-refractivity contribution < 1.29 is 14.3 Å². The topological polar surface area (TPSA) is 58.6 Å². The molecule has 0 aliphatic carbocycles. The Morgan fingerprint density at radius 2 is 1.69 bits per heavy atom. The molecule has 174 valence electrons. The van der Waals surface area contributed by atoms with Gasteiger partial charge in [-0.25, -0.2) is 0 Å². The Balaban J connectivity index is 2.15. The zero-order chi connectivity index (χ0) is 23.8. The number of carbonyl (C=O) groups excluding carboxylic acids is 2. The fraction of sp³-hybridized carbons (Fsp3) is 0.462. The number of benzene rings is 2. The van der Waals surface area contributed by atoms with Gasteiger partial charge in [-0.05, 0) is 64.9 Å². The van der Waals surface area contributed by atoms with Crippen LogP contribution in [0.3, 0.4) is 0 Å². The molecule has 2 amide bonds. The summed E-state index contributed by atoms with van der Waals surface area (Å²) >= 11 is 3.54. The van der Waals surface area contributed by atoms with E-state index in [1.165, 1.54) is 5.56 Å². The van der Waals surface area contributed by atoms with E-state index < -0.39 is 6.04 Å². The van der Waals surface area contributed by atoms with Gasteiger partial charge in [-0.15, -0.1) is 0 Å². The highest BCUT2D eigenvalue weighted by atomic mass is 79.9. The number of hydrogen-bond donors (Lipinski definition) is 1. The number of aryl methyl sites for hydroxylation is 1. The van der Waals surface area contributed by atoms with E-state index in [9.17, 15) is 9.59 Å². The third kappa shape index (κ3) is 7.66. The van der Waals surface area contributed by atoms with Crippen molar-refractivity contribution >= 4 is 27.7 Å². The third-order valence-corrected chi connectivity index (χ3v) is 5.92. The van der Waals surface area contributed by atoms with Crippen LogP contribution in [0.2, 0.25) is 0 Å². The minimum absolute atomic E-state index is 0.146. The van der Waals surface area contributed by atoms with E-state index in [4.69, 9.17) is 4.74 Å². The maximum Gasteiger partial charge on any atom is 0.261 e. The van der Waals surface area contributed by atoms with E-state index >= 15 is 0 Å². The number of nitrogens with zero attached hydrogens (tertiary/aromatic N) is 1. The van der Waals surface area contributed by atoms with Crippen molar-refractivity contribution in [3.05, 3.63) is 63.6 Å². The van der Waals surface area contributed by atoms with Gasteiger partial charge in [-0.3, -0.25) is 9.59 Å². The Morgan fingerprint density at radius 3 is 2.25 bits per heavy atom. The molecular weight excluding hydrogens is 468 g/mol. The lowest BCUT2D eigenvalue weighted by Gasteiger charge is -2.29. The average Bonchev–Trinajstić information content (AvgIpc) is 2.75. The van der Waals surface area contributed by atoms with Gasteiger partial charge in [-0.1, -0.05) is 63.6 Å². The van der Waals surface area contributed by atoms with Gasteiger partial charge >= 0.3 is 0 Å². The van der Waals surface area contributed by atoms with Crippen LogP contribution in [0, 0.1) is 12.8 Å². The van der Waals surface area contributed by atoms with Crippen LogP contribution in [0.15, 0.2) is 46.9 Å². The molecule has 2 aromatic rings. The summed E-state index contributed by atoms with van der Waals surface area (Å²) in [6, 6.07) is 13.2. The maximum absolute atomic E-state index is 13.2. The molecule has 5 nitrogen and oxygen atoms in total. The van der Waals surface area contributed by atoms with Gasteiger partial charge in [0.1, 0.15) is 11.8 Å². The molecule has 0 aromatic heterocycles. The number of rotatable bonds is 10. The number of halogens is 1. The van der Waals surface area contributed by atoms with Gasteiger partial charge in [0.15, 0.2) is 6.61 Å². The van der Waals surface area contributed by atoms with Gasteiger partial charge in [0, 0.05) is 13.1 Å². The van der Waals surface area contributed by atoms with E-state index in [0.29, 0.717) is 30.7 Å². The highest BCUT2D eigenvalue weighted by Gasteiger charge is 2.26. The first kappa shape index (κ1) is 25.9. The molecular formula is C26H35BrN2O3. The molecule has 1 N–H and O–H groups in total. The van der Waals surface area contributed by atoms with Crippen LogP contribution in [-0.4, -0.2) is 35.9 Å². The van der Waals surface area contributed by atoms with Gasteiger partial charge < -0.3 is 15.0 Å². The average molecular weight is 503 g/mol. The molecule has 0 fully saturated rings. The monoisotopic (exact) mass is 502 g/mol. The second-order valence-electron chi connectivity index (χ2n) is 8.96. The first-order valence-electron chi connectivity index (χ1n) is 11.1. The first-order chi connectivity index (χ1) is 15.1. The van der Waals surface area contributed by atoms with E-state index in [0.717, 1.165) is 15.6 Å². The molecule has 0 saturated carbocycles. The van der Waals surface area contributed by atoms with E-state index in [-0.39, 0.29) is 18.4 Å². The number of amides is 2. The molecule has 0 bridgehead atoms. The van der Waals surface area contributed by atoms with Crippen molar-refractivity contribution in [2.75, 3.05) is 13.2 Å². The van der Waals surface area contributed by atoms with E-state index in [2.05, 4.69) is 35.1 Å². The quantitative estimate of drug-likeness (QED) is 0.469. The zero-order valence-electron chi connectivity index (χ0n) is 19.9. The van der Waals surface area contributed by atoms with Crippen LogP contribution in [-0.2, 0) is 16.1 Å². The standard InChI is InChI=1S/C26H35BrN2O3/c1-17(2)14-28-26(31)20(6)29(15-21-9-7-19(5)8-10-21)25(30)16-32-24-12-11-22(18(3)4)13-23(24)27/h7-13,17-18,20H,14-16H2,1-6H3,(H,28,31). The van der Waals surface area contributed by atoms with Crippen LogP contribution < -0.4 is 10.1 Å². The van der Waals surface area contributed by atoms with Gasteiger partial charge in [-0.2, -0.15) is 0 Å². The number of carbonyl (C=O) groups is 2. The Morgan fingerprint density at radius 1 is 1.03 bits per heavy atom. The molecule has 2 aromatic carbocycles. The molecule has 0 heterocycles. The molecule has 0 saturated heterocycles. The Kier molecular flexibility index (Phi) is 9.76. The first-order valence-corrected chi connectivity index (χ1v) is 11.9. The maximum atomic E-state index is 13.2. The molecule has 0 spiro atoms. The summed E-state index contributed by atoms with van der Waals surface area (Å²) in [5, 5.41) is 2.93. The highest BCUT2D eigenvalue weighted by Crippen LogP contribution is 2.29. The summed E-state index contributed by atoms with van der Waals surface area (Å²) in [4.78, 5) is 27.5. The molecule has 1 unspecified atom stereocenters. The van der Waals surface area contributed by atoms with Crippen molar-refractivity contribution in [1.29, 1.82) is 0 Å². The number of hydrogen-bond acceptors (Lipinski definition) is 3. The lowest BCUT2D eigenvalue weighted by molar-refractivity contribution is -0.142. The fourth-order valence-corrected chi connectivity index (χ4v) is 3.65. The molecule has 32 heavy (non-hydrogen) atoms. The van der Waals surface area contributed by atoms with Gasteiger partial charge in [0.25, 0.3) is 5.91 Å². The summed E-state index contributed by atoms with van der Waals surface area (Å²) in [5.74, 6) is 0.938. The third-order valence-electron chi connectivity index (χ3n) is 5.30. The second kappa shape index (κ2) is 12.0. The zero-order valence-corrected chi connectivity index (χ0v) is 21.5.